The van der Waals surface area contributed by atoms with Gasteiger partial charge in [-0.25, -0.2) is 8.77 Å². The largest absolute Gasteiger partial charge is 0.246 e. The van der Waals surface area contributed by atoms with E-state index in [2.05, 4.69) is 31.3 Å². The first-order valence-electron chi connectivity index (χ1n) is 5.20. The highest BCUT2D eigenvalue weighted by Gasteiger charge is 2.11. The van der Waals surface area contributed by atoms with Gasteiger partial charge in [0.05, 0.1) is 15.9 Å². The number of hydrogen-bond donors (Lipinski definition) is 0. The minimum absolute atomic E-state index is 0.791. The van der Waals surface area contributed by atoms with Crippen molar-refractivity contribution in [2.75, 3.05) is 0 Å². The fourth-order valence-corrected chi connectivity index (χ4v) is 3.58. The SMILES string of the molecule is c1csc(-c2nc3nc4ccccc4n3s2)c1. The molecule has 0 unspecified atom stereocenters. The molecule has 0 saturated heterocycles. The van der Waals surface area contributed by atoms with E-state index in [0.29, 0.717) is 0 Å². The van der Waals surface area contributed by atoms with Gasteiger partial charge in [0, 0.05) is 0 Å². The predicted octanol–water partition coefficient (Wildman–Crippen LogP) is 3.67. The molecule has 0 saturated carbocycles. The zero-order valence-corrected chi connectivity index (χ0v) is 10.3. The van der Waals surface area contributed by atoms with Crippen LogP contribution in [0.15, 0.2) is 41.8 Å². The van der Waals surface area contributed by atoms with Gasteiger partial charge in [0.2, 0.25) is 5.78 Å². The van der Waals surface area contributed by atoms with Crippen molar-refractivity contribution in [3.8, 4) is 9.88 Å². The van der Waals surface area contributed by atoms with Gasteiger partial charge in [-0.15, -0.1) is 11.3 Å². The molecule has 0 spiro atoms. The third kappa shape index (κ3) is 1.33. The Morgan fingerprint density at radius 3 is 2.82 bits per heavy atom. The molecular formula is C12H7N3S2. The molecule has 3 heterocycles. The van der Waals surface area contributed by atoms with Crippen LogP contribution in [0.5, 0.6) is 0 Å². The number of benzene rings is 1. The van der Waals surface area contributed by atoms with E-state index in [1.54, 1.807) is 22.9 Å². The molecule has 4 rings (SSSR count). The first kappa shape index (κ1) is 9.32. The molecule has 17 heavy (non-hydrogen) atoms. The first-order chi connectivity index (χ1) is 8.42. The molecule has 0 atom stereocenters. The van der Waals surface area contributed by atoms with Crippen LogP contribution in [0.4, 0.5) is 0 Å². The maximum Gasteiger partial charge on any atom is 0.246 e. The van der Waals surface area contributed by atoms with Gasteiger partial charge in [-0.05, 0) is 35.1 Å². The Bertz CT molecular complexity index is 796. The highest BCUT2D eigenvalue weighted by atomic mass is 32.1. The maximum absolute atomic E-state index is 4.57. The van der Waals surface area contributed by atoms with Crippen LogP contribution < -0.4 is 0 Å². The number of para-hydroxylation sites is 2. The number of fused-ring (bicyclic) bond motifs is 3. The van der Waals surface area contributed by atoms with Crippen molar-refractivity contribution in [1.82, 2.24) is 13.8 Å². The molecule has 0 fully saturated rings. The molecule has 5 heteroatoms. The van der Waals surface area contributed by atoms with E-state index in [4.69, 9.17) is 0 Å². The summed E-state index contributed by atoms with van der Waals surface area (Å²) in [7, 11) is 0. The second-order valence-electron chi connectivity index (χ2n) is 3.68. The average molecular weight is 257 g/mol. The molecule has 0 aliphatic carbocycles. The highest BCUT2D eigenvalue weighted by molar-refractivity contribution is 7.18. The maximum atomic E-state index is 4.57. The number of imidazole rings is 1. The summed E-state index contributed by atoms with van der Waals surface area (Å²) in [5.74, 6) is 0.791. The average Bonchev–Trinajstić information content (AvgIpc) is 3.03. The molecule has 82 valence electrons. The van der Waals surface area contributed by atoms with E-state index >= 15 is 0 Å². The molecule has 0 aliphatic rings. The lowest BCUT2D eigenvalue weighted by Crippen LogP contribution is -1.71. The van der Waals surface area contributed by atoms with Gasteiger partial charge in [0.1, 0.15) is 0 Å². The normalized spacial score (nSPS) is 11.5. The monoisotopic (exact) mass is 257 g/mol. The lowest BCUT2D eigenvalue weighted by Gasteiger charge is -1.88. The Hall–Kier alpha value is -1.72. The van der Waals surface area contributed by atoms with Gasteiger partial charge in [-0.3, -0.25) is 0 Å². The Kier molecular flexibility index (Phi) is 1.86. The Morgan fingerprint density at radius 1 is 1.00 bits per heavy atom. The molecule has 1 aromatic carbocycles. The molecule has 0 amide bonds. The van der Waals surface area contributed by atoms with Crippen molar-refractivity contribution in [2.24, 2.45) is 0 Å². The lowest BCUT2D eigenvalue weighted by molar-refractivity contribution is 1.30. The van der Waals surface area contributed by atoms with E-state index in [-0.39, 0.29) is 0 Å². The minimum atomic E-state index is 0.791. The molecule has 0 bridgehead atoms. The summed E-state index contributed by atoms with van der Waals surface area (Å²) >= 11 is 3.35. The number of rotatable bonds is 1. The van der Waals surface area contributed by atoms with Gasteiger partial charge in [-0.1, -0.05) is 18.2 Å². The quantitative estimate of drug-likeness (QED) is 0.521. The Morgan fingerprint density at radius 2 is 1.94 bits per heavy atom. The van der Waals surface area contributed by atoms with Crippen LogP contribution in [0, 0.1) is 0 Å². The lowest BCUT2D eigenvalue weighted by atomic mass is 10.3. The topological polar surface area (TPSA) is 30.2 Å². The number of nitrogens with zero attached hydrogens (tertiary/aromatic N) is 3. The molecule has 0 aliphatic heterocycles. The number of hydrogen-bond acceptors (Lipinski definition) is 4. The fraction of sp³-hybridized carbons (Fsp3) is 0. The second kappa shape index (κ2) is 3.38. The summed E-state index contributed by atoms with van der Waals surface area (Å²) in [6.45, 7) is 0. The van der Waals surface area contributed by atoms with E-state index in [1.807, 2.05) is 24.3 Å². The van der Waals surface area contributed by atoms with Crippen molar-refractivity contribution in [3.63, 3.8) is 0 Å². The van der Waals surface area contributed by atoms with Crippen LogP contribution in [0.1, 0.15) is 0 Å². The van der Waals surface area contributed by atoms with Crippen LogP contribution >= 0.6 is 22.9 Å². The molecule has 4 aromatic rings. The molecule has 3 nitrogen and oxygen atoms in total. The molecular weight excluding hydrogens is 250 g/mol. The van der Waals surface area contributed by atoms with Crippen molar-refractivity contribution < 1.29 is 0 Å². The van der Waals surface area contributed by atoms with Crippen molar-refractivity contribution in [1.29, 1.82) is 0 Å². The summed E-state index contributed by atoms with van der Waals surface area (Å²) < 4.78 is 2.09. The summed E-state index contributed by atoms with van der Waals surface area (Å²) in [6, 6.07) is 12.3. The van der Waals surface area contributed by atoms with Crippen molar-refractivity contribution in [2.45, 2.75) is 0 Å². The van der Waals surface area contributed by atoms with Gasteiger partial charge in [-0.2, -0.15) is 4.98 Å². The fourth-order valence-electron chi connectivity index (χ4n) is 1.85. The van der Waals surface area contributed by atoms with Gasteiger partial charge >= 0.3 is 0 Å². The van der Waals surface area contributed by atoms with Gasteiger partial charge in [0.15, 0.2) is 5.01 Å². The highest BCUT2D eigenvalue weighted by Crippen LogP contribution is 2.30. The van der Waals surface area contributed by atoms with Gasteiger partial charge in [0.25, 0.3) is 0 Å². The minimum Gasteiger partial charge on any atom is -0.229 e. The standard InChI is InChI=1S/C12H7N3S2/c1-2-5-9-8(4-1)13-12-14-11(17-15(9)12)10-6-3-7-16-10/h1-7H. The first-order valence-corrected chi connectivity index (χ1v) is 6.85. The van der Waals surface area contributed by atoms with E-state index in [1.165, 1.54) is 4.88 Å². The van der Waals surface area contributed by atoms with Crippen LogP contribution in [0.25, 0.3) is 26.7 Å². The van der Waals surface area contributed by atoms with E-state index in [0.717, 1.165) is 21.8 Å². The smallest absolute Gasteiger partial charge is 0.229 e. The predicted molar refractivity (Wildman–Crippen MR) is 71.7 cm³/mol. The molecule has 3 aromatic heterocycles. The Balaban J connectivity index is 2.05. The summed E-state index contributed by atoms with van der Waals surface area (Å²) in [6.07, 6.45) is 0. The van der Waals surface area contributed by atoms with E-state index in [9.17, 15) is 0 Å². The van der Waals surface area contributed by atoms with Crippen LogP contribution in [-0.2, 0) is 0 Å². The Labute approximate surface area is 105 Å². The van der Waals surface area contributed by atoms with E-state index < -0.39 is 0 Å². The summed E-state index contributed by atoms with van der Waals surface area (Å²) in [5.41, 5.74) is 2.13. The summed E-state index contributed by atoms with van der Waals surface area (Å²) in [4.78, 5) is 10.3. The van der Waals surface area contributed by atoms with Gasteiger partial charge < -0.3 is 0 Å². The second-order valence-corrected chi connectivity index (χ2v) is 5.56. The number of aromatic nitrogens is 3. The third-order valence-corrected chi connectivity index (χ3v) is 4.65. The third-order valence-electron chi connectivity index (χ3n) is 2.61. The zero-order chi connectivity index (χ0) is 11.2. The van der Waals surface area contributed by atoms with Crippen LogP contribution in [-0.4, -0.2) is 13.8 Å². The molecule has 0 N–H and O–H groups in total. The molecule has 0 radical (unpaired) electrons. The van der Waals surface area contributed by atoms with Crippen LogP contribution in [0.2, 0.25) is 0 Å². The summed E-state index contributed by atoms with van der Waals surface area (Å²) in [5, 5.41) is 3.10. The van der Waals surface area contributed by atoms with Crippen molar-refractivity contribution >= 4 is 39.7 Å². The number of thiophene rings is 1. The zero-order valence-electron chi connectivity index (χ0n) is 8.70. The van der Waals surface area contributed by atoms with Crippen molar-refractivity contribution in [3.05, 3.63) is 41.8 Å². The van der Waals surface area contributed by atoms with Crippen LogP contribution in [0.3, 0.4) is 0 Å².